The molecule has 1 saturated carbocycles. The molecule has 1 N–H and O–H groups in total. The second kappa shape index (κ2) is 7.36. The van der Waals surface area contributed by atoms with Crippen molar-refractivity contribution >= 4 is 27.8 Å². The Labute approximate surface area is 175 Å². The highest BCUT2D eigenvalue weighted by atomic mass is 16.6. The van der Waals surface area contributed by atoms with Crippen molar-refractivity contribution in [2.24, 2.45) is 5.92 Å². The number of hydrogen-bond donors (Lipinski definition) is 1. The highest BCUT2D eigenvalue weighted by molar-refractivity contribution is 5.82. The monoisotopic (exact) mass is 399 g/mol. The van der Waals surface area contributed by atoms with Gasteiger partial charge in [0.1, 0.15) is 12.0 Å². The molecule has 6 rings (SSSR count). The van der Waals surface area contributed by atoms with Crippen molar-refractivity contribution in [1.29, 1.82) is 0 Å². The van der Waals surface area contributed by atoms with Crippen LogP contribution in [0.3, 0.4) is 0 Å². The highest BCUT2D eigenvalue weighted by Gasteiger charge is 2.26. The molecule has 0 saturated heterocycles. The van der Waals surface area contributed by atoms with Crippen LogP contribution in [0.25, 0.3) is 21.9 Å². The molecular weight excluding hydrogens is 374 g/mol. The standard InChI is InChI=1S/C24H25N5O/c1(16-4-6-21(11-16)29-9-7-20-14-25-15-26-24(20)29)2-17-3-5-18-13-19-8-10-30-28-23(19)27-22(18)12-17/h3,5,7,9,12-16,21H,1-2,4,6,8,10-11H2,(H,27,28). The maximum absolute atomic E-state index is 5.34. The summed E-state index contributed by atoms with van der Waals surface area (Å²) in [6.45, 7) is 0.701. The molecule has 2 atom stereocenters. The van der Waals surface area contributed by atoms with E-state index in [1.165, 1.54) is 42.2 Å². The fourth-order valence-electron chi connectivity index (χ4n) is 5.10. The number of aryl methyl sites for hydroxylation is 1. The zero-order chi connectivity index (χ0) is 19.9. The van der Waals surface area contributed by atoms with Gasteiger partial charge in [-0.3, -0.25) is 4.84 Å². The van der Waals surface area contributed by atoms with Gasteiger partial charge in [-0.1, -0.05) is 12.1 Å². The van der Waals surface area contributed by atoms with Crippen molar-refractivity contribution in [3.8, 4) is 0 Å². The summed E-state index contributed by atoms with van der Waals surface area (Å²) in [5, 5.41) is 2.34. The summed E-state index contributed by atoms with van der Waals surface area (Å²) in [6, 6.07) is 11.7. The Bertz CT molecular complexity index is 1220. The molecule has 0 bridgehead atoms. The summed E-state index contributed by atoms with van der Waals surface area (Å²) in [4.78, 5) is 18.7. The van der Waals surface area contributed by atoms with Gasteiger partial charge in [-0.25, -0.2) is 20.4 Å². The van der Waals surface area contributed by atoms with Crippen molar-refractivity contribution in [3.63, 3.8) is 0 Å². The zero-order valence-electron chi connectivity index (χ0n) is 16.9. The van der Waals surface area contributed by atoms with Crippen molar-refractivity contribution in [3.05, 3.63) is 60.2 Å². The average molecular weight is 399 g/mol. The van der Waals surface area contributed by atoms with Gasteiger partial charge in [0, 0.05) is 35.6 Å². The van der Waals surface area contributed by atoms with Crippen LogP contribution >= 0.6 is 0 Å². The smallest absolute Gasteiger partial charge is 0.153 e. The highest BCUT2D eigenvalue weighted by Crippen LogP contribution is 2.38. The molecule has 2 aliphatic rings. The van der Waals surface area contributed by atoms with Crippen LogP contribution in [0, 0.1) is 5.92 Å². The number of benzene rings is 1. The lowest BCUT2D eigenvalue weighted by atomic mass is 9.97. The number of anilines is 1. The molecule has 6 nitrogen and oxygen atoms in total. The number of nitrogens with zero attached hydrogens (tertiary/aromatic N) is 4. The fourth-order valence-corrected chi connectivity index (χ4v) is 5.10. The number of pyridine rings is 1. The summed E-state index contributed by atoms with van der Waals surface area (Å²) in [5.41, 5.74) is 7.68. The zero-order valence-corrected chi connectivity index (χ0v) is 16.9. The molecule has 0 spiro atoms. The Morgan fingerprint density at radius 1 is 1.13 bits per heavy atom. The predicted octanol–water partition coefficient (Wildman–Crippen LogP) is 4.85. The van der Waals surface area contributed by atoms with Gasteiger partial charge >= 0.3 is 0 Å². The van der Waals surface area contributed by atoms with Gasteiger partial charge in [-0.2, -0.15) is 0 Å². The third-order valence-electron chi connectivity index (χ3n) is 6.73. The lowest BCUT2D eigenvalue weighted by Crippen LogP contribution is -2.15. The maximum atomic E-state index is 5.34. The lowest BCUT2D eigenvalue weighted by Gasteiger charge is -2.17. The largest absolute Gasteiger partial charge is 0.329 e. The van der Waals surface area contributed by atoms with Gasteiger partial charge in [0.2, 0.25) is 0 Å². The van der Waals surface area contributed by atoms with E-state index in [0.717, 1.165) is 41.1 Å². The molecule has 0 amide bonds. The molecule has 30 heavy (non-hydrogen) atoms. The van der Waals surface area contributed by atoms with E-state index in [1.807, 2.05) is 6.20 Å². The second-order valence-electron chi connectivity index (χ2n) is 8.62. The summed E-state index contributed by atoms with van der Waals surface area (Å²) in [5.74, 6) is 1.63. The molecule has 1 aliphatic carbocycles. The molecule has 1 aromatic carbocycles. The van der Waals surface area contributed by atoms with Crippen LogP contribution in [0.1, 0.15) is 42.9 Å². The van der Waals surface area contributed by atoms with Crippen molar-refractivity contribution in [1.82, 2.24) is 19.5 Å². The first kappa shape index (κ1) is 17.8. The molecule has 0 radical (unpaired) electrons. The van der Waals surface area contributed by atoms with E-state index in [1.54, 1.807) is 6.33 Å². The van der Waals surface area contributed by atoms with Crippen LogP contribution in [0.4, 0.5) is 5.82 Å². The molecule has 6 heteroatoms. The fraction of sp³-hybridized carbons (Fsp3) is 0.375. The van der Waals surface area contributed by atoms with E-state index in [9.17, 15) is 0 Å². The SMILES string of the molecule is c1ncc2ccn(C3CCC(CCc4ccc5cc6c(nc5c4)NOCC6)C3)c2n1. The van der Waals surface area contributed by atoms with Gasteiger partial charge in [-0.05, 0) is 67.3 Å². The number of hydrogen-bond acceptors (Lipinski definition) is 5. The van der Waals surface area contributed by atoms with Crippen LogP contribution in [0.5, 0.6) is 0 Å². The summed E-state index contributed by atoms with van der Waals surface area (Å²) in [6.07, 6.45) is 12.7. The summed E-state index contributed by atoms with van der Waals surface area (Å²) < 4.78 is 2.36. The lowest BCUT2D eigenvalue weighted by molar-refractivity contribution is 0.185. The molecule has 3 aromatic heterocycles. The van der Waals surface area contributed by atoms with Crippen molar-refractivity contribution < 1.29 is 4.84 Å². The minimum atomic E-state index is 0.554. The maximum Gasteiger partial charge on any atom is 0.153 e. The Kier molecular flexibility index (Phi) is 4.38. The first-order valence-corrected chi connectivity index (χ1v) is 10.9. The topological polar surface area (TPSA) is 64.9 Å². The van der Waals surface area contributed by atoms with Gasteiger partial charge in [0.15, 0.2) is 5.82 Å². The van der Waals surface area contributed by atoms with Crippen LogP contribution in [0.2, 0.25) is 0 Å². The normalized spacial score (nSPS) is 21.1. The Morgan fingerprint density at radius 3 is 3.13 bits per heavy atom. The molecule has 2 unspecified atom stereocenters. The van der Waals surface area contributed by atoms with E-state index >= 15 is 0 Å². The van der Waals surface area contributed by atoms with E-state index in [4.69, 9.17) is 9.82 Å². The van der Waals surface area contributed by atoms with E-state index in [0.29, 0.717) is 12.6 Å². The Hall–Kier alpha value is -2.99. The molecule has 1 aliphatic heterocycles. The van der Waals surface area contributed by atoms with E-state index < -0.39 is 0 Å². The van der Waals surface area contributed by atoms with E-state index in [-0.39, 0.29) is 0 Å². The van der Waals surface area contributed by atoms with Crippen molar-refractivity contribution in [2.45, 2.75) is 44.6 Å². The van der Waals surface area contributed by atoms with Gasteiger partial charge in [0.05, 0.1) is 12.1 Å². The third-order valence-corrected chi connectivity index (χ3v) is 6.73. The van der Waals surface area contributed by atoms with Crippen LogP contribution in [-0.2, 0) is 17.7 Å². The number of fused-ring (bicyclic) bond motifs is 3. The average Bonchev–Trinajstić information content (AvgIpc) is 3.43. The van der Waals surface area contributed by atoms with E-state index in [2.05, 4.69) is 56.5 Å². The van der Waals surface area contributed by atoms with Crippen LogP contribution < -0.4 is 5.48 Å². The third kappa shape index (κ3) is 3.21. The second-order valence-corrected chi connectivity index (χ2v) is 8.62. The summed E-state index contributed by atoms with van der Waals surface area (Å²) >= 11 is 0. The minimum absolute atomic E-state index is 0.554. The molecule has 4 aromatic rings. The first-order chi connectivity index (χ1) is 14.8. The van der Waals surface area contributed by atoms with Gasteiger partial charge < -0.3 is 4.57 Å². The number of rotatable bonds is 4. The quantitative estimate of drug-likeness (QED) is 0.531. The van der Waals surface area contributed by atoms with Crippen molar-refractivity contribution in [2.75, 3.05) is 12.1 Å². The first-order valence-electron chi connectivity index (χ1n) is 10.9. The number of aromatic nitrogens is 4. The molecule has 4 heterocycles. The number of nitrogens with one attached hydrogen (secondary N) is 1. The predicted molar refractivity (Wildman–Crippen MR) is 117 cm³/mol. The molecular formula is C24H25N5O. The van der Waals surface area contributed by atoms with Gasteiger partial charge in [0.25, 0.3) is 0 Å². The van der Waals surface area contributed by atoms with Gasteiger partial charge in [-0.15, -0.1) is 0 Å². The Balaban J connectivity index is 1.14. The van der Waals surface area contributed by atoms with Crippen LogP contribution in [0.15, 0.2) is 49.1 Å². The molecule has 1 fully saturated rings. The minimum Gasteiger partial charge on any atom is -0.329 e. The molecule has 152 valence electrons. The summed E-state index contributed by atoms with van der Waals surface area (Å²) in [7, 11) is 0. The Morgan fingerprint density at radius 2 is 2.13 bits per heavy atom. The van der Waals surface area contributed by atoms with Crippen LogP contribution in [-0.4, -0.2) is 26.1 Å².